The summed E-state index contributed by atoms with van der Waals surface area (Å²) in [5.41, 5.74) is -0.521. The molecule has 0 N–H and O–H groups in total. The Kier molecular flexibility index (Phi) is 4.11. The van der Waals surface area contributed by atoms with Crippen molar-refractivity contribution in [2.75, 3.05) is 0 Å². The standard InChI is InChI=1S/C14H10F3NO3/c15-14(16,17)11-5-7-12(8-6-11)21-9-10-3-1-2-4-13(10)18(19)20/h1-8H,9H2. The van der Waals surface area contributed by atoms with Crippen molar-refractivity contribution >= 4 is 5.69 Å². The quantitative estimate of drug-likeness (QED) is 0.628. The first-order valence-electron chi connectivity index (χ1n) is 5.90. The van der Waals surface area contributed by atoms with Crippen LogP contribution in [0.5, 0.6) is 5.75 Å². The highest BCUT2D eigenvalue weighted by Gasteiger charge is 2.30. The van der Waals surface area contributed by atoms with E-state index in [0.717, 1.165) is 12.1 Å². The Morgan fingerprint density at radius 3 is 2.24 bits per heavy atom. The summed E-state index contributed by atoms with van der Waals surface area (Å²) in [5.74, 6) is 0.209. The van der Waals surface area contributed by atoms with E-state index in [1.807, 2.05) is 0 Å². The SMILES string of the molecule is O=[N+]([O-])c1ccccc1COc1ccc(C(F)(F)F)cc1. The van der Waals surface area contributed by atoms with E-state index in [-0.39, 0.29) is 18.0 Å². The molecule has 0 amide bonds. The van der Waals surface area contributed by atoms with E-state index >= 15 is 0 Å². The number of benzene rings is 2. The Bertz CT molecular complexity index is 639. The molecule has 21 heavy (non-hydrogen) atoms. The van der Waals surface area contributed by atoms with Crippen LogP contribution < -0.4 is 4.74 Å². The molecule has 0 aromatic heterocycles. The Labute approximate surface area is 117 Å². The van der Waals surface area contributed by atoms with Crippen molar-refractivity contribution in [3.8, 4) is 5.75 Å². The summed E-state index contributed by atoms with van der Waals surface area (Å²) in [6.45, 7) is -0.0947. The summed E-state index contributed by atoms with van der Waals surface area (Å²) in [5, 5.41) is 10.8. The predicted molar refractivity (Wildman–Crippen MR) is 68.9 cm³/mol. The highest BCUT2D eigenvalue weighted by molar-refractivity contribution is 5.39. The van der Waals surface area contributed by atoms with Crippen molar-refractivity contribution in [3.63, 3.8) is 0 Å². The maximum atomic E-state index is 12.4. The minimum absolute atomic E-state index is 0.0931. The molecule has 0 spiro atoms. The molecule has 0 saturated carbocycles. The van der Waals surface area contributed by atoms with Crippen LogP contribution in [-0.2, 0) is 12.8 Å². The fourth-order valence-corrected chi connectivity index (χ4v) is 1.71. The first-order valence-corrected chi connectivity index (χ1v) is 5.90. The molecule has 0 saturated heterocycles. The molecular weight excluding hydrogens is 287 g/mol. The number of hydrogen-bond donors (Lipinski definition) is 0. The maximum Gasteiger partial charge on any atom is 0.416 e. The summed E-state index contributed by atoms with van der Waals surface area (Å²) >= 11 is 0. The number of para-hydroxylation sites is 1. The topological polar surface area (TPSA) is 52.4 Å². The van der Waals surface area contributed by atoms with E-state index in [1.165, 1.54) is 30.3 Å². The van der Waals surface area contributed by atoms with Crippen LogP contribution in [0.2, 0.25) is 0 Å². The molecule has 110 valence electrons. The second-order valence-electron chi connectivity index (χ2n) is 4.20. The smallest absolute Gasteiger partial charge is 0.416 e. The van der Waals surface area contributed by atoms with Crippen LogP contribution in [0.3, 0.4) is 0 Å². The fourth-order valence-electron chi connectivity index (χ4n) is 1.71. The first kappa shape index (κ1) is 14.8. The molecule has 0 fully saturated rings. The molecule has 0 atom stereocenters. The largest absolute Gasteiger partial charge is 0.489 e. The van der Waals surface area contributed by atoms with Crippen molar-refractivity contribution in [1.82, 2.24) is 0 Å². The van der Waals surface area contributed by atoms with Gasteiger partial charge in [-0.3, -0.25) is 10.1 Å². The van der Waals surface area contributed by atoms with Gasteiger partial charge in [-0.25, -0.2) is 0 Å². The second kappa shape index (κ2) is 5.82. The Morgan fingerprint density at radius 2 is 1.67 bits per heavy atom. The average Bonchev–Trinajstić information content (AvgIpc) is 2.45. The van der Waals surface area contributed by atoms with Crippen LogP contribution in [0.25, 0.3) is 0 Å². The van der Waals surface area contributed by atoms with Gasteiger partial charge < -0.3 is 4.74 Å². The van der Waals surface area contributed by atoms with Crippen molar-refractivity contribution in [2.24, 2.45) is 0 Å². The zero-order chi connectivity index (χ0) is 15.5. The van der Waals surface area contributed by atoms with Gasteiger partial charge >= 0.3 is 6.18 Å². The number of nitro benzene ring substituents is 1. The summed E-state index contributed by atoms with van der Waals surface area (Å²) < 4.78 is 42.5. The molecule has 2 aromatic rings. The average molecular weight is 297 g/mol. The lowest BCUT2D eigenvalue weighted by molar-refractivity contribution is -0.385. The Morgan fingerprint density at radius 1 is 1.05 bits per heavy atom. The molecule has 2 aromatic carbocycles. The van der Waals surface area contributed by atoms with Gasteiger partial charge in [0.1, 0.15) is 12.4 Å². The highest BCUT2D eigenvalue weighted by atomic mass is 19.4. The van der Waals surface area contributed by atoms with Gasteiger partial charge in [0.15, 0.2) is 0 Å². The lowest BCUT2D eigenvalue weighted by Gasteiger charge is -2.09. The number of hydrogen-bond acceptors (Lipinski definition) is 3. The summed E-state index contributed by atoms with van der Waals surface area (Å²) in [4.78, 5) is 10.3. The molecule has 2 rings (SSSR count). The molecule has 0 radical (unpaired) electrons. The van der Waals surface area contributed by atoms with Crippen molar-refractivity contribution in [2.45, 2.75) is 12.8 Å². The minimum atomic E-state index is -4.41. The number of ether oxygens (including phenoxy) is 1. The van der Waals surface area contributed by atoms with Gasteiger partial charge in [0, 0.05) is 6.07 Å². The van der Waals surface area contributed by atoms with Gasteiger partial charge in [-0.2, -0.15) is 13.2 Å². The molecule has 0 aliphatic carbocycles. The van der Waals surface area contributed by atoms with Crippen LogP contribution in [-0.4, -0.2) is 4.92 Å². The van der Waals surface area contributed by atoms with Crippen LogP contribution in [0.1, 0.15) is 11.1 Å². The van der Waals surface area contributed by atoms with Gasteiger partial charge in [0.25, 0.3) is 5.69 Å². The molecule has 0 aliphatic heterocycles. The van der Waals surface area contributed by atoms with Crippen molar-refractivity contribution < 1.29 is 22.8 Å². The van der Waals surface area contributed by atoms with E-state index < -0.39 is 16.7 Å². The third-order valence-corrected chi connectivity index (χ3v) is 2.76. The van der Waals surface area contributed by atoms with E-state index in [2.05, 4.69) is 0 Å². The number of halogens is 3. The van der Waals surface area contributed by atoms with Gasteiger partial charge in [-0.1, -0.05) is 12.1 Å². The van der Waals surface area contributed by atoms with E-state index in [4.69, 9.17) is 4.74 Å². The molecular formula is C14H10F3NO3. The maximum absolute atomic E-state index is 12.4. The van der Waals surface area contributed by atoms with Crippen LogP contribution >= 0.6 is 0 Å². The third kappa shape index (κ3) is 3.71. The Balaban J connectivity index is 2.09. The van der Waals surface area contributed by atoms with Gasteiger partial charge in [0.05, 0.1) is 16.1 Å². The van der Waals surface area contributed by atoms with E-state index in [1.54, 1.807) is 6.07 Å². The van der Waals surface area contributed by atoms with Gasteiger partial charge in [-0.15, -0.1) is 0 Å². The monoisotopic (exact) mass is 297 g/mol. The number of nitrogens with zero attached hydrogens (tertiary/aromatic N) is 1. The van der Waals surface area contributed by atoms with Crippen molar-refractivity contribution in [3.05, 3.63) is 69.8 Å². The molecule has 0 unspecified atom stereocenters. The number of rotatable bonds is 4. The van der Waals surface area contributed by atoms with E-state index in [9.17, 15) is 23.3 Å². The minimum Gasteiger partial charge on any atom is -0.489 e. The zero-order valence-electron chi connectivity index (χ0n) is 10.6. The number of nitro groups is 1. The molecule has 0 aliphatic rings. The Hall–Kier alpha value is -2.57. The lowest BCUT2D eigenvalue weighted by atomic mass is 10.2. The van der Waals surface area contributed by atoms with Crippen LogP contribution in [0.4, 0.5) is 18.9 Å². The summed E-state index contributed by atoms with van der Waals surface area (Å²) in [7, 11) is 0. The first-order chi connectivity index (χ1) is 9.88. The molecule has 0 bridgehead atoms. The third-order valence-electron chi connectivity index (χ3n) is 2.76. The second-order valence-corrected chi connectivity index (χ2v) is 4.20. The summed E-state index contributed by atoms with van der Waals surface area (Å²) in [6.07, 6.45) is -4.41. The number of alkyl halides is 3. The lowest BCUT2D eigenvalue weighted by Crippen LogP contribution is -2.04. The van der Waals surface area contributed by atoms with Crippen LogP contribution in [0.15, 0.2) is 48.5 Å². The van der Waals surface area contributed by atoms with Crippen molar-refractivity contribution in [1.29, 1.82) is 0 Å². The van der Waals surface area contributed by atoms with Crippen LogP contribution in [0, 0.1) is 10.1 Å². The van der Waals surface area contributed by atoms with Gasteiger partial charge in [0.2, 0.25) is 0 Å². The fraction of sp³-hybridized carbons (Fsp3) is 0.143. The summed E-state index contributed by atoms with van der Waals surface area (Å²) in [6, 6.07) is 10.2. The van der Waals surface area contributed by atoms with E-state index in [0.29, 0.717) is 5.56 Å². The molecule has 7 heteroatoms. The molecule has 4 nitrogen and oxygen atoms in total. The highest BCUT2D eigenvalue weighted by Crippen LogP contribution is 2.30. The molecule has 0 heterocycles. The van der Waals surface area contributed by atoms with Gasteiger partial charge in [-0.05, 0) is 30.3 Å². The normalized spacial score (nSPS) is 11.2. The predicted octanol–water partition coefficient (Wildman–Crippen LogP) is 4.19. The zero-order valence-corrected chi connectivity index (χ0v) is 10.6.